The molecule has 0 N–H and O–H groups in total. The Balaban J connectivity index is 3.42. The Bertz CT molecular complexity index is 431. The Labute approximate surface area is 193 Å². The first-order valence-corrected chi connectivity index (χ1v) is 13.1. The van der Waals surface area contributed by atoms with Gasteiger partial charge in [0.1, 0.15) is 0 Å². The van der Waals surface area contributed by atoms with Gasteiger partial charge in [-0.2, -0.15) is 0 Å². The predicted molar refractivity (Wildman–Crippen MR) is 130 cm³/mol. The van der Waals surface area contributed by atoms with E-state index < -0.39 is 0 Å². The second kappa shape index (κ2) is 20.8. The molecule has 0 aliphatic rings. The van der Waals surface area contributed by atoms with Crippen LogP contribution in [0.4, 0.5) is 0 Å². The molecule has 0 aromatic heterocycles. The first kappa shape index (κ1) is 29.9. The third-order valence-corrected chi connectivity index (χ3v) is 5.72. The molecule has 0 heterocycles. The minimum absolute atomic E-state index is 0.0369. The largest absolute Gasteiger partial charge is 0.466 e. The van der Waals surface area contributed by atoms with E-state index in [2.05, 4.69) is 34.6 Å². The minimum Gasteiger partial charge on any atom is -0.466 e. The third kappa shape index (κ3) is 23.4. The maximum Gasteiger partial charge on any atom is 0.306 e. The van der Waals surface area contributed by atoms with Crippen LogP contribution >= 0.6 is 0 Å². The van der Waals surface area contributed by atoms with E-state index in [1.54, 1.807) is 0 Å². The molecule has 0 amide bonds. The predicted octanol–water partition coefficient (Wildman–Crippen LogP) is 7.87. The van der Waals surface area contributed by atoms with Crippen LogP contribution in [0.3, 0.4) is 0 Å². The number of unbranched alkanes of at least 4 members (excludes halogenated alkanes) is 7. The van der Waals surface area contributed by atoms with Crippen molar-refractivity contribution in [2.24, 2.45) is 17.8 Å². The monoisotopic (exact) mass is 440 g/mol. The number of esters is 2. The summed E-state index contributed by atoms with van der Waals surface area (Å²) in [5, 5.41) is 0. The topological polar surface area (TPSA) is 52.6 Å². The summed E-state index contributed by atoms with van der Waals surface area (Å²) < 4.78 is 10.7. The standard InChI is InChI=1S/C27H52O4/c1-23(2)16-12-14-20-30-26(28)19-11-9-7-6-8-10-18-25(5)22-27(29)31-21-15-13-17-24(3)4/h23-25H,6-22H2,1-5H3. The van der Waals surface area contributed by atoms with Crippen molar-refractivity contribution in [2.45, 2.75) is 131 Å². The van der Waals surface area contributed by atoms with Gasteiger partial charge in [-0.3, -0.25) is 9.59 Å². The van der Waals surface area contributed by atoms with Crippen molar-refractivity contribution in [2.75, 3.05) is 13.2 Å². The average molecular weight is 441 g/mol. The normalized spacial score (nSPS) is 12.4. The second-order valence-electron chi connectivity index (χ2n) is 10.2. The number of ether oxygens (including phenoxy) is 2. The van der Waals surface area contributed by atoms with Gasteiger partial charge < -0.3 is 9.47 Å². The number of hydrogen-bond donors (Lipinski definition) is 0. The van der Waals surface area contributed by atoms with Crippen molar-refractivity contribution in [3.05, 3.63) is 0 Å². The molecule has 31 heavy (non-hydrogen) atoms. The highest BCUT2D eigenvalue weighted by Gasteiger charge is 2.10. The highest BCUT2D eigenvalue weighted by Crippen LogP contribution is 2.16. The van der Waals surface area contributed by atoms with Crippen molar-refractivity contribution in [3.63, 3.8) is 0 Å². The average Bonchev–Trinajstić information content (AvgIpc) is 2.68. The van der Waals surface area contributed by atoms with Crippen LogP contribution in [-0.4, -0.2) is 25.2 Å². The number of carbonyl (C=O) groups is 2. The molecule has 1 unspecified atom stereocenters. The van der Waals surface area contributed by atoms with Crippen LogP contribution < -0.4 is 0 Å². The molecule has 4 heteroatoms. The van der Waals surface area contributed by atoms with E-state index in [0.717, 1.165) is 56.8 Å². The van der Waals surface area contributed by atoms with Crippen molar-refractivity contribution in [1.29, 1.82) is 0 Å². The van der Waals surface area contributed by atoms with Crippen molar-refractivity contribution in [3.8, 4) is 0 Å². The molecule has 0 aromatic rings. The Morgan fingerprint density at radius 3 is 1.55 bits per heavy atom. The van der Waals surface area contributed by atoms with E-state index in [1.807, 2.05) is 0 Å². The summed E-state index contributed by atoms with van der Waals surface area (Å²) in [6.45, 7) is 12.2. The maximum atomic E-state index is 11.9. The molecule has 0 spiro atoms. The number of rotatable bonds is 21. The van der Waals surface area contributed by atoms with Crippen molar-refractivity contribution in [1.82, 2.24) is 0 Å². The van der Waals surface area contributed by atoms with Crippen molar-refractivity contribution < 1.29 is 19.1 Å². The van der Waals surface area contributed by atoms with Gasteiger partial charge in [-0.05, 0) is 49.9 Å². The van der Waals surface area contributed by atoms with Crippen LogP contribution in [0.2, 0.25) is 0 Å². The molecule has 0 fully saturated rings. The Hall–Kier alpha value is -1.06. The Kier molecular flexibility index (Phi) is 20.1. The number of carbonyl (C=O) groups excluding carboxylic acids is 2. The van der Waals surface area contributed by atoms with Crippen molar-refractivity contribution >= 4 is 11.9 Å². The van der Waals surface area contributed by atoms with Gasteiger partial charge in [0.25, 0.3) is 0 Å². The lowest BCUT2D eigenvalue weighted by Crippen LogP contribution is -2.10. The van der Waals surface area contributed by atoms with Gasteiger partial charge >= 0.3 is 11.9 Å². The lowest BCUT2D eigenvalue weighted by atomic mass is 9.99. The first-order chi connectivity index (χ1) is 14.8. The summed E-state index contributed by atoms with van der Waals surface area (Å²) in [6.07, 6.45) is 15.6. The zero-order chi connectivity index (χ0) is 23.3. The molecule has 0 aromatic carbocycles. The number of hydrogen-bond acceptors (Lipinski definition) is 4. The Morgan fingerprint density at radius 2 is 1.00 bits per heavy atom. The first-order valence-electron chi connectivity index (χ1n) is 13.1. The van der Waals surface area contributed by atoms with Gasteiger partial charge in [0.15, 0.2) is 0 Å². The van der Waals surface area contributed by atoms with Gasteiger partial charge in [0, 0.05) is 12.8 Å². The highest BCUT2D eigenvalue weighted by molar-refractivity contribution is 5.69. The summed E-state index contributed by atoms with van der Waals surface area (Å²) in [4.78, 5) is 23.6. The molecular weight excluding hydrogens is 388 g/mol. The highest BCUT2D eigenvalue weighted by atomic mass is 16.5. The summed E-state index contributed by atoms with van der Waals surface area (Å²) >= 11 is 0. The van der Waals surface area contributed by atoms with E-state index in [9.17, 15) is 9.59 Å². The van der Waals surface area contributed by atoms with Crippen LogP contribution in [0.1, 0.15) is 131 Å². The fraction of sp³-hybridized carbons (Fsp3) is 0.926. The van der Waals surface area contributed by atoms with E-state index in [1.165, 1.54) is 38.5 Å². The summed E-state index contributed by atoms with van der Waals surface area (Å²) in [5.74, 6) is 1.78. The zero-order valence-electron chi connectivity index (χ0n) is 21.4. The molecule has 0 saturated heterocycles. The fourth-order valence-electron chi connectivity index (χ4n) is 3.67. The Morgan fingerprint density at radius 1 is 0.548 bits per heavy atom. The van der Waals surface area contributed by atoms with Crippen LogP contribution in [0.5, 0.6) is 0 Å². The van der Waals surface area contributed by atoms with Crippen LogP contribution in [-0.2, 0) is 19.1 Å². The van der Waals surface area contributed by atoms with Crippen LogP contribution in [0.15, 0.2) is 0 Å². The second-order valence-corrected chi connectivity index (χ2v) is 10.2. The fourth-order valence-corrected chi connectivity index (χ4v) is 3.67. The molecule has 0 radical (unpaired) electrons. The van der Waals surface area contributed by atoms with E-state index in [4.69, 9.17) is 9.47 Å². The smallest absolute Gasteiger partial charge is 0.306 e. The minimum atomic E-state index is -0.0381. The molecule has 0 bridgehead atoms. The van der Waals surface area contributed by atoms with Crippen LogP contribution in [0, 0.1) is 17.8 Å². The quantitative estimate of drug-likeness (QED) is 0.135. The zero-order valence-corrected chi connectivity index (χ0v) is 21.4. The van der Waals surface area contributed by atoms with Gasteiger partial charge in [-0.15, -0.1) is 0 Å². The lowest BCUT2D eigenvalue weighted by Gasteiger charge is -2.11. The van der Waals surface area contributed by atoms with Gasteiger partial charge in [-0.25, -0.2) is 0 Å². The maximum absolute atomic E-state index is 11.9. The van der Waals surface area contributed by atoms with Gasteiger partial charge in [-0.1, -0.05) is 86.0 Å². The molecular formula is C27H52O4. The van der Waals surface area contributed by atoms with E-state index in [0.29, 0.717) is 32.0 Å². The molecule has 0 rings (SSSR count). The van der Waals surface area contributed by atoms with E-state index >= 15 is 0 Å². The summed E-state index contributed by atoms with van der Waals surface area (Å²) in [7, 11) is 0. The summed E-state index contributed by atoms with van der Waals surface area (Å²) in [5.41, 5.74) is 0. The van der Waals surface area contributed by atoms with E-state index in [-0.39, 0.29) is 11.9 Å². The SMILES string of the molecule is CC(C)CCCCOC(=O)CCCCCCCCC(C)CC(=O)OCCCCC(C)C. The summed E-state index contributed by atoms with van der Waals surface area (Å²) in [6, 6.07) is 0. The third-order valence-electron chi connectivity index (χ3n) is 5.72. The van der Waals surface area contributed by atoms with Gasteiger partial charge in [0.2, 0.25) is 0 Å². The molecule has 1 atom stereocenters. The molecule has 0 aliphatic heterocycles. The van der Waals surface area contributed by atoms with Gasteiger partial charge in [0.05, 0.1) is 13.2 Å². The molecule has 4 nitrogen and oxygen atoms in total. The lowest BCUT2D eigenvalue weighted by molar-refractivity contribution is -0.145. The molecule has 184 valence electrons. The van der Waals surface area contributed by atoms with Crippen LogP contribution in [0.25, 0.3) is 0 Å². The molecule has 0 saturated carbocycles. The molecule has 0 aliphatic carbocycles.